The summed E-state index contributed by atoms with van der Waals surface area (Å²) in [4.78, 5) is 10.7. The van der Waals surface area contributed by atoms with E-state index in [0.29, 0.717) is 5.56 Å². The van der Waals surface area contributed by atoms with Crippen LogP contribution in [-0.4, -0.2) is 11.1 Å². The van der Waals surface area contributed by atoms with Gasteiger partial charge in [0, 0.05) is 0 Å². The number of carboxylic acid groups (broad SMARTS) is 1. The second kappa shape index (κ2) is 3.90. The van der Waals surface area contributed by atoms with Gasteiger partial charge in [0.2, 0.25) is 0 Å². The number of hydrogen-bond donors (Lipinski definition) is 1. The van der Waals surface area contributed by atoms with E-state index in [2.05, 4.69) is 6.07 Å². The van der Waals surface area contributed by atoms with Gasteiger partial charge in [-0.3, -0.25) is 0 Å². The molecule has 0 saturated heterocycles. The van der Waals surface area contributed by atoms with Gasteiger partial charge in [-0.25, -0.2) is 4.79 Å². The number of benzene rings is 1. The van der Waals surface area contributed by atoms with Crippen molar-refractivity contribution in [1.82, 2.24) is 0 Å². The van der Waals surface area contributed by atoms with Crippen LogP contribution in [0.1, 0.15) is 29.3 Å². The van der Waals surface area contributed by atoms with E-state index in [4.69, 9.17) is 5.11 Å². The van der Waals surface area contributed by atoms with E-state index in [0.717, 1.165) is 18.4 Å². The predicted octanol–water partition coefficient (Wildman–Crippen LogP) is 2.14. The molecule has 12 heavy (non-hydrogen) atoms. The van der Waals surface area contributed by atoms with Crippen LogP contribution >= 0.6 is 0 Å². The van der Waals surface area contributed by atoms with E-state index in [-0.39, 0.29) is 0 Å². The van der Waals surface area contributed by atoms with E-state index in [1.165, 1.54) is 0 Å². The van der Waals surface area contributed by atoms with Gasteiger partial charge >= 0.3 is 5.97 Å². The number of carboxylic acids is 1. The molecule has 1 aromatic carbocycles. The largest absolute Gasteiger partial charge is 0.478 e. The number of rotatable bonds is 3. The lowest BCUT2D eigenvalue weighted by atomic mass is 10.0. The van der Waals surface area contributed by atoms with Gasteiger partial charge in [0.15, 0.2) is 0 Å². The zero-order chi connectivity index (χ0) is 8.97. The summed E-state index contributed by atoms with van der Waals surface area (Å²) in [6.45, 7) is 2.03. The minimum absolute atomic E-state index is 0.305. The van der Waals surface area contributed by atoms with Crippen molar-refractivity contribution in [2.45, 2.75) is 19.8 Å². The van der Waals surface area contributed by atoms with E-state index in [1.54, 1.807) is 6.07 Å². The smallest absolute Gasteiger partial charge is 0.336 e. The minimum Gasteiger partial charge on any atom is -0.478 e. The molecule has 1 aromatic rings. The first-order valence-electron chi connectivity index (χ1n) is 3.98. The van der Waals surface area contributed by atoms with Crippen molar-refractivity contribution >= 4 is 5.97 Å². The molecule has 1 radical (unpaired) electrons. The summed E-state index contributed by atoms with van der Waals surface area (Å²) in [6, 6.07) is 8.00. The van der Waals surface area contributed by atoms with Crippen molar-refractivity contribution in [2.24, 2.45) is 0 Å². The van der Waals surface area contributed by atoms with Gasteiger partial charge in [-0.2, -0.15) is 0 Å². The fourth-order valence-corrected chi connectivity index (χ4v) is 1.15. The van der Waals surface area contributed by atoms with Crippen molar-refractivity contribution in [3.8, 4) is 0 Å². The Balaban J connectivity index is 3.00. The Bertz CT molecular complexity index is 279. The van der Waals surface area contributed by atoms with Gasteiger partial charge in [0.05, 0.1) is 5.56 Å². The van der Waals surface area contributed by atoms with Gasteiger partial charge in [-0.1, -0.05) is 31.5 Å². The minimum atomic E-state index is -0.890. The van der Waals surface area contributed by atoms with E-state index in [9.17, 15) is 4.79 Å². The Morgan fingerprint density at radius 1 is 1.67 bits per heavy atom. The van der Waals surface area contributed by atoms with Crippen molar-refractivity contribution in [2.75, 3.05) is 0 Å². The number of carbonyl (C=O) groups is 1. The molecule has 0 bridgehead atoms. The van der Waals surface area contributed by atoms with Crippen LogP contribution in [0, 0.1) is 6.07 Å². The highest BCUT2D eigenvalue weighted by Crippen LogP contribution is 2.09. The molecule has 0 aliphatic rings. The highest BCUT2D eigenvalue weighted by atomic mass is 16.4. The number of aryl methyl sites for hydroxylation is 1. The Morgan fingerprint density at radius 2 is 2.42 bits per heavy atom. The SMILES string of the molecule is CCCc1ccc[c]c1C(=O)O. The molecule has 0 unspecified atom stereocenters. The monoisotopic (exact) mass is 163 g/mol. The Kier molecular flexibility index (Phi) is 2.86. The lowest BCUT2D eigenvalue weighted by Crippen LogP contribution is -2.01. The van der Waals surface area contributed by atoms with Crippen LogP contribution in [0.2, 0.25) is 0 Å². The maximum Gasteiger partial charge on any atom is 0.336 e. The lowest BCUT2D eigenvalue weighted by molar-refractivity contribution is 0.0695. The average Bonchev–Trinajstić information content (AvgIpc) is 2.05. The van der Waals surface area contributed by atoms with E-state index >= 15 is 0 Å². The molecule has 1 N–H and O–H groups in total. The highest BCUT2D eigenvalue weighted by molar-refractivity contribution is 5.88. The third kappa shape index (κ3) is 1.84. The number of hydrogen-bond acceptors (Lipinski definition) is 1. The first-order valence-corrected chi connectivity index (χ1v) is 3.98. The van der Waals surface area contributed by atoms with E-state index in [1.807, 2.05) is 19.1 Å². The summed E-state index contributed by atoms with van der Waals surface area (Å²) in [6.07, 6.45) is 1.76. The van der Waals surface area contributed by atoms with Crippen LogP contribution < -0.4 is 0 Å². The summed E-state index contributed by atoms with van der Waals surface area (Å²) in [5, 5.41) is 8.76. The summed E-state index contributed by atoms with van der Waals surface area (Å²) in [5.74, 6) is -0.890. The van der Waals surface area contributed by atoms with Crippen LogP contribution in [0.3, 0.4) is 0 Å². The third-order valence-electron chi connectivity index (χ3n) is 1.68. The zero-order valence-corrected chi connectivity index (χ0v) is 7.00. The lowest BCUT2D eigenvalue weighted by Gasteiger charge is -2.01. The zero-order valence-electron chi connectivity index (χ0n) is 7.00. The van der Waals surface area contributed by atoms with E-state index < -0.39 is 5.97 Å². The Labute approximate surface area is 71.8 Å². The molecule has 63 valence electrons. The van der Waals surface area contributed by atoms with Crippen LogP contribution in [-0.2, 0) is 6.42 Å². The summed E-state index contributed by atoms with van der Waals surface area (Å²) < 4.78 is 0. The quantitative estimate of drug-likeness (QED) is 0.741. The summed E-state index contributed by atoms with van der Waals surface area (Å²) in [5.41, 5.74) is 1.17. The molecule has 0 aliphatic carbocycles. The molecule has 0 aliphatic heterocycles. The van der Waals surface area contributed by atoms with Gasteiger partial charge in [-0.05, 0) is 18.1 Å². The van der Waals surface area contributed by atoms with Gasteiger partial charge in [0.25, 0.3) is 0 Å². The van der Waals surface area contributed by atoms with Crippen LogP contribution in [0.4, 0.5) is 0 Å². The molecule has 0 saturated carbocycles. The standard InChI is InChI=1S/C10H11O2/c1-2-5-8-6-3-4-7-9(8)10(11)12/h3-4,6H,2,5H2,1H3,(H,11,12). The van der Waals surface area contributed by atoms with Gasteiger partial charge < -0.3 is 5.11 Å². The molecule has 0 fully saturated rings. The molecule has 2 nitrogen and oxygen atoms in total. The molecule has 0 amide bonds. The van der Waals surface area contributed by atoms with Crippen molar-refractivity contribution in [3.63, 3.8) is 0 Å². The molecule has 0 spiro atoms. The molecule has 0 atom stereocenters. The molecular formula is C10H11O2. The summed E-state index contributed by atoms with van der Waals surface area (Å²) >= 11 is 0. The second-order valence-corrected chi connectivity index (χ2v) is 2.63. The fourth-order valence-electron chi connectivity index (χ4n) is 1.15. The van der Waals surface area contributed by atoms with Crippen LogP contribution in [0.15, 0.2) is 18.2 Å². The topological polar surface area (TPSA) is 37.3 Å². The van der Waals surface area contributed by atoms with Crippen LogP contribution in [0.5, 0.6) is 0 Å². The third-order valence-corrected chi connectivity index (χ3v) is 1.68. The van der Waals surface area contributed by atoms with Crippen LogP contribution in [0.25, 0.3) is 0 Å². The number of aromatic carboxylic acids is 1. The molecule has 1 rings (SSSR count). The molecular weight excluding hydrogens is 152 g/mol. The summed E-state index contributed by atoms with van der Waals surface area (Å²) in [7, 11) is 0. The average molecular weight is 163 g/mol. The molecule has 0 aromatic heterocycles. The fraction of sp³-hybridized carbons (Fsp3) is 0.300. The Hall–Kier alpha value is -1.31. The van der Waals surface area contributed by atoms with Gasteiger partial charge in [-0.15, -0.1) is 0 Å². The predicted molar refractivity (Wildman–Crippen MR) is 46.2 cm³/mol. The van der Waals surface area contributed by atoms with Crippen molar-refractivity contribution in [3.05, 3.63) is 35.4 Å². The first-order chi connectivity index (χ1) is 5.75. The second-order valence-electron chi connectivity index (χ2n) is 2.63. The highest BCUT2D eigenvalue weighted by Gasteiger charge is 2.07. The van der Waals surface area contributed by atoms with Crippen molar-refractivity contribution < 1.29 is 9.90 Å². The van der Waals surface area contributed by atoms with Crippen molar-refractivity contribution in [1.29, 1.82) is 0 Å². The molecule has 2 heteroatoms. The van der Waals surface area contributed by atoms with Gasteiger partial charge in [0.1, 0.15) is 0 Å². The Morgan fingerprint density at radius 3 is 3.00 bits per heavy atom. The maximum absolute atomic E-state index is 10.7. The normalized spacial score (nSPS) is 9.75. The molecule has 0 heterocycles. The maximum atomic E-state index is 10.7. The first kappa shape index (κ1) is 8.78.